The van der Waals surface area contributed by atoms with Crippen LogP contribution in [-0.2, 0) is 14.3 Å². The number of ether oxygens (including phenoxy) is 1. The van der Waals surface area contributed by atoms with Crippen LogP contribution in [0.5, 0.6) is 0 Å². The Bertz CT molecular complexity index is 929. The summed E-state index contributed by atoms with van der Waals surface area (Å²) in [6.45, 7) is 6.87. The number of anilines is 1. The quantitative estimate of drug-likeness (QED) is 0.581. The second kappa shape index (κ2) is 10.4. The number of aryl methyl sites for hydroxylation is 1. The maximum atomic E-state index is 12.7. The van der Waals surface area contributed by atoms with Crippen molar-refractivity contribution in [2.45, 2.75) is 46.3 Å². The molecule has 0 saturated heterocycles. The van der Waals surface area contributed by atoms with Gasteiger partial charge in [0.05, 0.1) is 10.6 Å². The molecular formula is C20H23Cl2N3O5. The Kier molecular flexibility index (Phi) is 8.25. The first-order valence-corrected chi connectivity index (χ1v) is 10.1. The van der Waals surface area contributed by atoms with Crippen LogP contribution in [0.1, 0.15) is 43.3 Å². The van der Waals surface area contributed by atoms with Gasteiger partial charge in [0.1, 0.15) is 11.8 Å². The zero-order valence-electron chi connectivity index (χ0n) is 17.0. The number of nitrogens with one attached hydrogen (secondary N) is 2. The highest BCUT2D eigenvalue weighted by molar-refractivity contribution is 6.36. The van der Waals surface area contributed by atoms with Crippen LogP contribution in [0.2, 0.25) is 10.0 Å². The number of amides is 2. The van der Waals surface area contributed by atoms with Gasteiger partial charge >= 0.3 is 5.97 Å². The van der Waals surface area contributed by atoms with Crippen LogP contribution < -0.4 is 10.6 Å². The van der Waals surface area contributed by atoms with E-state index in [9.17, 15) is 14.4 Å². The van der Waals surface area contributed by atoms with Crippen molar-refractivity contribution >= 4 is 46.8 Å². The van der Waals surface area contributed by atoms with Crippen molar-refractivity contribution in [2.24, 2.45) is 5.92 Å². The minimum atomic E-state index is -1.06. The minimum Gasteiger partial charge on any atom is -0.451 e. The number of carbonyl (C=O) groups is 3. The number of aromatic nitrogens is 1. The van der Waals surface area contributed by atoms with E-state index < -0.39 is 29.9 Å². The van der Waals surface area contributed by atoms with Crippen molar-refractivity contribution in [3.63, 3.8) is 0 Å². The predicted molar refractivity (Wildman–Crippen MR) is 113 cm³/mol. The minimum absolute atomic E-state index is 0.157. The topological polar surface area (TPSA) is 111 Å². The Labute approximate surface area is 184 Å². The lowest BCUT2D eigenvalue weighted by Crippen LogP contribution is -2.47. The summed E-state index contributed by atoms with van der Waals surface area (Å²) >= 11 is 11.9. The lowest BCUT2D eigenvalue weighted by Gasteiger charge is -2.24. The van der Waals surface area contributed by atoms with Crippen molar-refractivity contribution < 1.29 is 23.6 Å². The Hall–Kier alpha value is -2.58. The summed E-state index contributed by atoms with van der Waals surface area (Å²) in [4.78, 5) is 37.7. The van der Waals surface area contributed by atoms with Gasteiger partial charge in [-0.2, -0.15) is 0 Å². The van der Waals surface area contributed by atoms with Crippen LogP contribution in [0.25, 0.3) is 0 Å². The largest absolute Gasteiger partial charge is 0.451 e. The van der Waals surface area contributed by atoms with Gasteiger partial charge in [-0.05, 0) is 37.5 Å². The number of nitrogens with zero attached hydrogens (tertiary/aromatic N) is 1. The molecule has 2 aromatic rings. The molecule has 2 N–H and O–H groups in total. The average molecular weight is 456 g/mol. The lowest BCUT2D eigenvalue weighted by molar-refractivity contribution is -0.157. The highest BCUT2D eigenvalue weighted by Gasteiger charge is 2.31. The molecule has 0 fully saturated rings. The molecule has 0 saturated carbocycles. The molecule has 0 spiro atoms. The van der Waals surface area contributed by atoms with E-state index in [1.165, 1.54) is 18.2 Å². The Morgan fingerprint density at radius 2 is 1.90 bits per heavy atom. The molecule has 0 radical (unpaired) electrons. The number of hydrogen-bond donors (Lipinski definition) is 2. The Balaban J connectivity index is 2.07. The summed E-state index contributed by atoms with van der Waals surface area (Å²) in [7, 11) is 0. The highest BCUT2D eigenvalue weighted by atomic mass is 35.5. The van der Waals surface area contributed by atoms with Crippen molar-refractivity contribution in [1.29, 1.82) is 0 Å². The third-order valence-corrected chi connectivity index (χ3v) is 4.73. The van der Waals surface area contributed by atoms with Gasteiger partial charge in [0.25, 0.3) is 11.8 Å². The molecule has 0 aliphatic carbocycles. The van der Waals surface area contributed by atoms with E-state index in [-0.39, 0.29) is 28.7 Å². The van der Waals surface area contributed by atoms with E-state index in [2.05, 4.69) is 15.8 Å². The molecular weight excluding hydrogens is 433 g/mol. The molecule has 1 aromatic carbocycles. The second-order valence-electron chi connectivity index (χ2n) is 6.97. The lowest BCUT2D eigenvalue weighted by atomic mass is 10.0. The van der Waals surface area contributed by atoms with E-state index in [4.69, 9.17) is 32.5 Å². The van der Waals surface area contributed by atoms with E-state index in [0.29, 0.717) is 10.8 Å². The molecule has 1 aromatic heterocycles. The molecule has 2 atom stereocenters. The standard InChI is InChI=1S/C20H23Cl2N3O5/c1-5-15(19(27)23-16-8-11(4)30-25-16)29-20(28)17(10(2)3)24-18(26)13-7-6-12(21)9-14(13)22/h6-10,15,17H,5H2,1-4H3,(H,24,26)(H,23,25,27)/t15?,17-/m0/s1. The Morgan fingerprint density at radius 3 is 2.43 bits per heavy atom. The summed E-state index contributed by atoms with van der Waals surface area (Å²) < 4.78 is 10.3. The first-order chi connectivity index (χ1) is 14.1. The van der Waals surface area contributed by atoms with Gasteiger partial charge in [0.15, 0.2) is 11.9 Å². The molecule has 1 unspecified atom stereocenters. The van der Waals surface area contributed by atoms with Gasteiger partial charge in [-0.25, -0.2) is 4.79 Å². The maximum Gasteiger partial charge on any atom is 0.329 e. The maximum absolute atomic E-state index is 12.7. The zero-order valence-corrected chi connectivity index (χ0v) is 18.5. The van der Waals surface area contributed by atoms with Gasteiger partial charge in [0, 0.05) is 11.1 Å². The summed E-state index contributed by atoms with van der Waals surface area (Å²) in [6, 6.07) is 4.97. The molecule has 0 aliphatic rings. The van der Waals surface area contributed by atoms with Crippen molar-refractivity contribution in [2.75, 3.05) is 5.32 Å². The fraction of sp³-hybridized carbons (Fsp3) is 0.400. The van der Waals surface area contributed by atoms with E-state index in [1.807, 2.05) is 0 Å². The molecule has 2 rings (SSSR count). The average Bonchev–Trinajstić information content (AvgIpc) is 3.07. The predicted octanol–water partition coefficient (Wildman–Crippen LogP) is 4.00. The van der Waals surface area contributed by atoms with Crippen LogP contribution >= 0.6 is 23.2 Å². The third-order valence-electron chi connectivity index (χ3n) is 4.18. The van der Waals surface area contributed by atoms with E-state index in [1.54, 1.807) is 33.8 Å². The number of esters is 1. The van der Waals surface area contributed by atoms with E-state index >= 15 is 0 Å². The van der Waals surface area contributed by atoms with Crippen LogP contribution in [0.15, 0.2) is 28.8 Å². The SMILES string of the molecule is CCC(OC(=O)[C@@H](NC(=O)c1ccc(Cl)cc1Cl)C(C)C)C(=O)Nc1cc(C)on1. The molecule has 10 heteroatoms. The number of benzene rings is 1. The van der Waals surface area contributed by atoms with Gasteiger partial charge in [-0.1, -0.05) is 49.1 Å². The first kappa shape index (κ1) is 23.7. The first-order valence-electron chi connectivity index (χ1n) is 9.33. The van der Waals surface area contributed by atoms with Crippen molar-refractivity contribution in [3.05, 3.63) is 45.6 Å². The highest BCUT2D eigenvalue weighted by Crippen LogP contribution is 2.21. The fourth-order valence-corrected chi connectivity index (χ4v) is 3.05. The van der Waals surface area contributed by atoms with Crippen LogP contribution in [0.3, 0.4) is 0 Å². The smallest absolute Gasteiger partial charge is 0.329 e. The van der Waals surface area contributed by atoms with Crippen LogP contribution in [0.4, 0.5) is 5.82 Å². The van der Waals surface area contributed by atoms with Gasteiger partial charge in [-0.3, -0.25) is 9.59 Å². The van der Waals surface area contributed by atoms with Gasteiger partial charge in [0.2, 0.25) is 0 Å². The zero-order chi connectivity index (χ0) is 22.4. The second-order valence-corrected chi connectivity index (χ2v) is 7.81. The molecule has 0 bridgehead atoms. The monoisotopic (exact) mass is 455 g/mol. The molecule has 162 valence electrons. The molecule has 30 heavy (non-hydrogen) atoms. The molecule has 8 nitrogen and oxygen atoms in total. The van der Waals surface area contributed by atoms with Crippen molar-refractivity contribution in [1.82, 2.24) is 10.5 Å². The van der Waals surface area contributed by atoms with Crippen LogP contribution in [0, 0.1) is 12.8 Å². The van der Waals surface area contributed by atoms with E-state index in [0.717, 1.165) is 0 Å². The third kappa shape index (κ3) is 6.21. The van der Waals surface area contributed by atoms with Crippen molar-refractivity contribution in [3.8, 4) is 0 Å². The number of hydrogen-bond acceptors (Lipinski definition) is 6. The number of carbonyl (C=O) groups excluding carboxylic acids is 3. The summed E-state index contributed by atoms with van der Waals surface area (Å²) in [5.41, 5.74) is 0.172. The van der Waals surface area contributed by atoms with Gasteiger partial charge < -0.3 is 19.9 Å². The fourth-order valence-electron chi connectivity index (χ4n) is 2.56. The normalized spacial score (nSPS) is 12.9. The van der Waals surface area contributed by atoms with Crippen LogP contribution in [-0.4, -0.2) is 35.1 Å². The number of halogens is 2. The molecule has 2 amide bonds. The summed E-state index contributed by atoms with van der Waals surface area (Å²) in [5, 5.41) is 9.36. The summed E-state index contributed by atoms with van der Waals surface area (Å²) in [5.74, 6) is -1.39. The Morgan fingerprint density at radius 1 is 1.20 bits per heavy atom. The molecule has 0 aliphatic heterocycles. The molecule has 1 heterocycles. The van der Waals surface area contributed by atoms with Gasteiger partial charge in [-0.15, -0.1) is 0 Å². The number of rotatable bonds is 8. The summed E-state index contributed by atoms with van der Waals surface area (Å²) in [6.07, 6.45) is -0.831.